The van der Waals surface area contributed by atoms with Gasteiger partial charge in [0.1, 0.15) is 5.82 Å². The van der Waals surface area contributed by atoms with Gasteiger partial charge >= 0.3 is 0 Å². The fraction of sp³-hybridized carbons (Fsp3) is 0.318. The third kappa shape index (κ3) is 5.56. The van der Waals surface area contributed by atoms with Gasteiger partial charge in [-0.25, -0.2) is 4.39 Å². The highest BCUT2D eigenvalue weighted by Crippen LogP contribution is 2.22. The predicted octanol–water partition coefficient (Wildman–Crippen LogP) is 3.53. The Morgan fingerprint density at radius 3 is 2.33 bits per heavy atom. The van der Waals surface area contributed by atoms with Gasteiger partial charge in [0.2, 0.25) is 0 Å². The number of aliphatic imine (C=N–C) groups is 1. The number of unbranched alkanes of at least 4 members (excludes halogenated alkanes) is 1. The molecule has 1 N–H and O–H groups in total. The molecule has 0 aromatic heterocycles. The molecule has 30 heavy (non-hydrogen) atoms. The predicted molar refractivity (Wildman–Crippen MR) is 126 cm³/mol. The van der Waals surface area contributed by atoms with Crippen LogP contribution in [0.25, 0.3) is 0 Å². The number of hydrogen-bond acceptors (Lipinski definition) is 3. The Bertz CT molecular complexity index is 900. The highest BCUT2D eigenvalue weighted by atomic mass is 127. The Hall–Kier alpha value is -2.49. The standard InChI is InChI=1S/C22H25FN4O2.HI/c1-24-22(26(2)15-16-8-7-9-17(23)14-16)25-12-5-6-13-27-20(28)18-10-3-4-11-19(18)21(27)29;/h3-4,7-11,14H,5-6,12-13,15H2,1-2H3,(H,24,25);1H. The van der Waals surface area contributed by atoms with E-state index in [0.29, 0.717) is 43.1 Å². The first-order chi connectivity index (χ1) is 14.0. The fourth-order valence-electron chi connectivity index (χ4n) is 3.41. The number of benzene rings is 2. The summed E-state index contributed by atoms with van der Waals surface area (Å²) in [4.78, 5) is 32.2. The molecule has 2 aromatic carbocycles. The summed E-state index contributed by atoms with van der Waals surface area (Å²) < 4.78 is 13.3. The maximum absolute atomic E-state index is 13.3. The van der Waals surface area contributed by atoms with Crippen molar-refractivity contribution in [1.82, 2.24) is 15.1 Å². The van der Waals surface area contributed by atoms with Gasteiger partial charge in [0.25, 0.3) is 11.8 Å². The first kappa shape index (κ1) is 23.8. The van der Waals surface area contributed by atoms with Crippen LogP contribution in [0.4, 0.5) is 4.39 Å². The van der Waals surface area contributed by atoms with Crippen molar-refractivity contribution >= 4 is 41.8 Å². The number of carbonyl (C=O) groups is 2. The van der Waals surface area contributed by atoms with Gasteiger partial charge in [0.15, 0.2) is 5.96 Å². The second-order valence-electron chi connectivity index (χ2n) is 6.97. The second kappa shape index (κ2) is 11.1. The van der Waals surface area contributed by atoms with E-state index in [1.807, 2.05) is 18.0 Å². The molecule has 1 heterocycles. The van der Waals surface area contributed by atoms with Crippen LogP contribution in [0.1, 0.15) is 39.1 Å². The fourth-order valence-corrected chi connectivity index (χ4v) is 3.41. The number of nitrogens with one attached hydrogen (secondary N) is 1. The van der Waals surface area contributed by atoms with E-state index in [9.17, 15) is 14.0 Å². The van der Waals surface area contributed by atoms with Crippen LogP contribution in [0.3, 0.4) is 0 Å². The molecule has 160 valence electrons. The van der Waals surface area contributed by atoms with Crippen molar-refractivity contribution in [3.63, 3.8) is 0 Å². The average molecular weight is 524 g/mol. The van der Waals surface area contributed by atoms with Crippen LogP contribution in [-0.2, 0) is 6.54 Å². The number of guanidine groups is 1. The number of fused-ring (bicyclic) bond motifs is 1. The van der Waals surface area contributed by atoms with Crippen molar-refractivity contribution in [3.8, 4) is 0 Å². The first-order valence-corrected chi connectivity index (χ1v) is 9.62. The zero-order valence-electron chi connectivity index (χ0n) is 17.1. The molecule has 0 saturated carbocycles. The quantitative estimate of drug-likeness (QED) is 0.198. The van der Waals surface area contributed by atoms with Crippen LogP contribution in [0.2, 0.25) is 0 Å². The number of nitrogens with zero attached hydrogens (tertiary/aromatic N) is 3. The third-order valence-electron chi connectivity index (χ3n) is 4.85. The van der Waals surface area contributed by atoms with Crippen molar-refractivity contribution in [2.24, 2.45) is 4.99 Å². The van der Waals surface area contributed by atoms with E-state index in [2.05, 4.69) is 10.3 Å². The topological polar surface area (TPSA) is 65.0 Å². The van der Waals surface area contributed by atoms with E-state index < -0.39 is 0 Å². The summed E-state index contributed by atoms with van der Waals surface area (Å²) in [6.45, 7) is 1.58. The monoisotopic (exact) mass is 524 g/mol. The molecule has 0 unspecified atom stereocenters. The SMILES string of the molecule is CN=C(NCCCCN1C(=O)c2ccccc2C1=O)N(C)Cc1cccc(F)c1.I. The minimum atomic E-state index is -0.257. The molecule has 0 atom stereocenters. The van der Waals surface area contributed by atoms with Crippen molar-refractivity contribution in [1.29, 1.82) is 0 Å². The highest BCUT2D eigenvalue weighted by Gasteiger charge is 2.34. The van der Waals surface area contributed by atoms with Crippen molar-refractivity contribution < 1.29 is 14.0 Å². The molecule has 1 aliphatic heterocycles. The van der Waals surface area contributed by atoms with E-state index in [1.165, 1.54) is 17.0 Å². The van der Waals surface area contributed by atoms with Gasteiger partial charge in [0.05, 0.1) is 11.1 Å². The van der Waals surface area contributed by atoms with Gasteiger partial charge in [-0.3, -0.25) is 19.5 Å². The van der Waals surface area contributed by atoms with Crippen LogP contribution in [0.15, 0.2) is 53.5 Å². The number of rotatable bonds is 7. The Balaban J connectivity index is 0.00000320. The lowest BCUT2D eigenvalue weighted by molar-refractivity contribution is 0.0652. The smallest absolute Gasteiger partial charge is 0.261 e. The normalized spacial score (nSPS) is 13.2. The summed E-state index contributed by atoms with van der Waals surface area (Å²) in [6, 6.07) is 13.4. The maximum atomic E-state index is 13.3. The van der Waals surface area contributed by atoms with Crippen LogP contribution in [0.5, 0.6) is 0 Å². The number of halogens is 2. The molecule has 0 bridgehead atoms. The number of carbonyl (C=O) groups excluding carboxylic acids is 2. The summed E-state index contributed by atoms with van der Waals surface area (Å²) >= 11 is 0. The number of hydrogen-bond donors (Lipinski definition) is 1. The Morgan fingerprint density at radius 1 is 1.07 bits per heavy atom. The summed E-state index contributed by atoms with van der Waals surface area (Å²) in [5, 5.41) is 3.26. The van der Waals surface area contributed by atoms with Gasteiger partial charge < -0.3 is 10.2 Å². The molecule has 6 nitrogen and oxygen atoms in total. The Morgan fingerprint density at radius 2 is 1.73 bits per heavy atom. The summed E-state index contributed by atoms with van der Waals surface area (Å²) in [5.74, 6) is 0.00962. The highest BCUT2D eigenvalue weighted by molar-refractivity contribution is 14.0. The third-order valence-corrected chi connectivity index (χ3v) is 4.85. The molecule has 1 aliphatic rings. The molecule has 8 heteroatoms. The second-order valence-corrected chi connectivity index (χ2v) is 6.97. The van der Waals surface area contributed by atoms with E-state index in [1.54, 1.807) is 37.4 Å². The summed E-state index contributed by atoms with van der Waals surface area (Å²) in [6.07, 6.45) is 1.48. The molecular formula is C22H26FIN4O2. The number of imide groups is 1. The Kier molecular flexibility index (Phi) is 8.76. The van der Waals surface area contributed by atoms with Crippen molar-refractivity contribution in [2.45, 2.75) is 19.4 Å². The van der Waals surface area contributed by atoms with E-state index in [0.717, 1.165) is 12.0 Å². The molecular weight excluding hydrogens is 498 g/mol. The van der Waals surface area contributed by atoms with Gasteiger partial charge in [-0.2, -0.15) is 0 Å². The van der Waals surface area contributed by atoms with Gasteiger partial charge in [-0.05, 0) is 42.7 Å². The molecule has 2 aromatic rings. The van der Waals surface area contributed by atoms with Gasteiger partial charge in [0, 0.05) is 33.7 Å². The molecule has 0 spiro atoms. The average Bonchev–Trinajstić information content (AvgIpc) is 2.95. The van der Waals surface area contributed by atoms with E-state index in [4.69, 9.17) is 0 Å². The van der Waals surface area contributed by atoms with E-state index >= 15 is 0 Å². The first-order valence-electron chi connectivity index (χ1n) is 9.62. The largest absolute Gasteiger partial charge is 0.356 e. The van der Waals surface area contributed by atoms with Crippen LogP contribution < -0.4 is 5.32 Å². The van der Waals surface area contributed by atoms with Crippen molar-refractivity contribution in [2.75, 3.05) is 27.2 Å². The van der Waals surface area contributed by atoms with Crippen LogP contribution >= 0.6 is 24.0 Å². The van der Waals surface area contributed by atoms with Gasteiger partial charge in [-0.1, -0.05) is 24.3 Å². The van der Waals surface area contributed by atoms with E-state index in [-0.39, 0.29) is 41.6 Å². The molecule has 0 aliphatic carbocycles. The number of amides is 2. The lowest BCUT2D eigenvalue weighted by atomic mass is 10.1. The molecule has 0 fully saturated rings. The minimum Gasteiger partial charge on any atom is -0.356 e. The molecule has 2 amide bonds. The summed E-state index contributed by atoms with van der Waals surface area (Å²) in [5.41, 5.74) is 1.83. The lowest BCUT2D eigenvalue weighted by Gasteiger charge is -2.22. The Labute approximate surface area is 193 Å². The van der Waals surface area contributed by atoms with Crippen LogP contribution in [0, 0.1) is 5.82 Å². The lowest BCUT2D eigenvalue weighted by Crippen LogP contribution is -2.39. The van der Waals surface area contributed by atoms with Gasteiger partial charge in [-0.15, -0.1) is 24.0 Å². The maximum Gasteiger partial charge on any atom is 0.261 e. The van der Waals surface area contributed by atoms with Crippen LogP contribution in [-0.4, -0.2) is 54.8 Å². The van der Waals surface area contributed by atoms with Crippen molar-refractivity contribution in [3.05, 3.63) is 71.0 Å². The zero-order chi connectivity index (χ0) is 20.8. The minimum absolute atomic E-state index is 0. The summed E-state index contributed by atoms with van der Waals surface area (Å²) in [7, 11) is 3.59. The molecule has 0 radical (unpaired) electrons. The molecule has 3 rings (SSSR count). The zero-order valence-corrected chi connectivity index (χ0v) is 19.4. The molecule has 0 saturated heterocycles.